The van der Waals surface area contributed by atoms with Crippen LogP contribution >= 0.6 is 24.0 Å². The van der Waals surface area contributed by atoms with Crippen LogP contribution < -0.4 is 11.1 Å². The Labute approximate surface area is 160 Å². The van der Waals surface area contributed by atoms with Crippen LogP contribution in [0.3, 0.4) is 0 Å². The SMILES string of the molecule is CCC(C)NC(N)=NCC(c1cccc(F)c1)N1CCOCC1.I. The zero-order valence-electron chi connectivity index (χ0n) is 14.4. The van der Waals surface area contributed by atoms with Crippen molar-refractivity contribution in [3.8, 4) is 0 Å². The van der Waals surface area contributed by atoms with Crippen LogP contribution in [0, 0.1) is 5.82 Å². The molecule has 0 spiro atoms. The Morgan fingerprint density at radius 3 is 2.75 bits per heavy atom. The van der Waals surface area contributed by atoms with Crippen molar-refractivity contribution in [1.82, 2.24) is 10.2 Å². The summed E-state index contributed by atoms with van der Waals surface area (Å²) in [7, 11) is 0. The van der Waals surface area contributed by atoms with Gasteiger partial charge in [0.05, 0.1) is 25.8 Å². The van der Waals surface area contributed by atoms with E-state index in [2.05, 4.69) is 29.1 Å². The highest BCUT2D eigenvalue weighted by Gasteiger charge is 2.22. The van der Waals surface area contributed by atoms with Crippen LogP contribution in [-0.4, -0.2) is 49.7 Å². The van der Waals surface area contributed by atoms with Crippen molar-refractivity contribution in [2.45, 2.75) is 32.4 Å². The molecule has 1 heterocycles. The minimum Gasteiger partial charge on any atom is -0.379 e. The average Bonchev–Trinajstić information content (AvgIpc) is 2.56. The van der Waals surface area contributed by atoms with Gasteiger partial charge < -0.3 is 15.8 Å². The van der Waals surface area contributed by atoms with E-state index in [1.54, 1.807) is 12.1 Å². The van der Waals surface area contributed by atoms with E-state index in [0.29, 0.717) is 25.7 Å². The quantitative estimate of drug-likeness (QED) is 0.397. The van der Waals surface area contributed by atoms with Gasteiger partial charge in [0, 0.05) is 19.1 Å². The molecular formula is C17H28FIN4O. The number of nitrogens with two attached hydrogens (primary N) is 1. The summed E-state index contributed by atoms with van der Waals surface area (Å²) in [5.41, 5.74) is 6.88. The number of halogens is 2. The molecule has 0 amide bonds. The molecular weight excluding hydrogens is 422 g/mol. The lowest BCUT2D eigenvalue weighted by Crippen LogP contribution is -2.42. The highest BCUT2D eigenvalue weighted by Crippen LogP contribution is 2.23. The number of nitrogens with zero attached hydrogens (tertiary/aromatic N) is 2. The van der Waals surface area contributed by atoms with Crippen molar-refractivity contribution >= 4 is 29.9 Å². The van der Waals surface area contributed by atoms with Gasteiger partial charge in [-0.1, -0.05) is 19.1 Å². The first-order chi connectivity index (χ1) is 11.1. The molecule has 0 radical (unpaired) electrons. The molecule has 3 N–H and O–H groups in total. The van der Waals surface area contributed by atoms with Crippen LogP contribution in [0.5, 0.6) is 0 Å². The van der Waals surface area contributed by atoms with Crippen LogP contribution in [0.4, 0.5) is 4.39 Å². The fourth-order valence-electron chi connectivity index (χ4n) is 2.62. The second-order valence-corrected chi connectivity index (χ2v) is 5.90. The van der Waals surface area contributed by atoms with Gasteiger partial charge in [0.15, 0.2) is 5.96 Å². The summed E-state index contributed by atoms with van der Waals surface area (Å²) in [6, 6.07) is 7.01. The van der Waals surface area contributed by atoms with Gasteiger partial charge in [-0.25, -0.2) is 4.39 Å². The van der Waals surface area contributed by atoms with E-state index in [0.717, 1.165) is 25.1 Å². The molecule has 136 valence electrons. The fourth-order valence-corrected chi connectivity index (χ4v) is 2.62. The Balaban J connectivity index is 0.00000288. The van der Waals surface area contributed by atoms with Crippen LogP contribution in [0.25, 0.3) is 0 Å². The van der Waals surface area contributed by atoms with E-state index < -0.39 is 0 Å². The van der Waals surface area contributed by atoms with Gasteiger partial charge >= 0.3 is 0 Å². The second-order valence-electron chi connectivity index (χ2n) is 5.90. The third kappa shape index (κ3) is 6.52. The number of hydrogen-bond acceptors (Lipinski definition) is 3. The van der Waals surface area contributed by atoms with Gasteiger partial charge in [-0.3, -0.25) is 9.89 Å². The highest BCUT2D eigenvalue weighted by molar-refractivity contribution is 14.0. The summed E-state index contributed by atoms with van der Waals surface area (Å²) in [4.78, 5) is 6.75. The number of rotatable bonds is 6. The Bertz CT molecular complexity index is 523. The van der Waals surface area contributed by atoms with E-state index >= 15 is 0 Å². The number of aliphatic imine (C=N–C) groups is 1. The molecule has 5 nitrogen and oxygen atoms in total. The first kappa shape index (κ1) is 21.1. The molecule has 0 aromatic heterocycles. The second kappa shape index (κ2) is 10.8. The van der Waals surface area contributed by atoms with E-state index in [4.69, 9.17) is 10.5 Å². The maximum absolute atomic E-state index is 13.6. The van der Waals surface area contributed by atoms with Crippen molar-refractivity contribution in [3.05, 3.63) is 35.6 Å². The molecule has 0 bridgehead atoms. The lowest BCUT2D eigenvalue weighted by atomic mass is 10.0. The lowest BCUT2D eigenvalue weighted by Gasteiger charge is -2.34. The smallest absolute Gasteiger partial charge is 0.188 e. The minimum atomic E-state index is -0.226. The minimum absolute atomic E-state index is 0. The largest absolute Gasteiger partial charge is 0.379 e. The number of ether oxygens (including phenoxy) is 1. The Kier molecular flexibility index (Phi) is 9.53. The monoisotopic (exact) mass is 450 g/mol. The fraction of sp³-hybridized carbons (Fsp3) is 0.588. The van der Waals surface area contributed by atoms with Gasteiger partial charge in [-0.15, -0.1) is 24.0 Å². The lowest BCUT2D eigenvalue weighted by molar-refractivity contribution is 0.0179. The summed E-state index contributed by atoms with van der Waals surface area (Å²) < 4.78 is 19.0. The zero-order chi connectivity index (χ0) is 16.7. The van der Waals surface area contributed by atoms with Crippen molar-refractivity contribution < 1.29 is 9.13 Å². The van der Waals surface area contributed by atoms with Gasteiger partial charge in [0.1, 0.15) is 5.82 Å². The molecule has 1 aliphatic heterocycles. The third-order valence-electron chi connectivity index (χ3n) is 4.16. The zero-order valence-corrected chi connectivity index (χ0v) is 16.7. The topological polar surface area (TPSA) is 62.9 Å². The van der Waals surface area contributed by atoms with E-state index in [-0.39, 0.29) is 41.9 Å². The summed E-state index contributed by atoms with van der Waals surface area (Å²) in [5.74, 6) is 0.212. The van der Waals surface area contributed by atoms with E-state index in [9.17, 15) is 4.39 Å². The molecule has 0 saturated carbocycles. The predicted molar refractivity (Wildman–Crippen MR) is 106 cm³/mol. The molecule has 1 saturated heterocycles. The first-order valence-corrected chi connectivity index (χ1v) is 8.24. The Hall–Kier alpha value is -0.930. The standard InChI is InChI=1S/C17H27FN4O.HI/c1-3-13(2)21-17(19)20-12-16(22-7-9-23-10-8-22)14-5-4-6-15(18)11-14;/h4-6,11,13,16H,3,7-10,12H2,1-2H3,(H3,19,20,21);1H. The molecule has 24 heavy (non-hydrogen) atoms. The maximum Gasteiger partial charge on any atom is 0.188 e. The summed E-state index contributed by atoms with van der Waals surface area (Å²) in [6.45, 7) is 7.67. The van der Waals surface area contributed by atoms with Gasteiger partial charge in [-0.2, -0.15) is 0 Å². The molecule has 1 aliphatic rings. The Morgan fingerprint density at radius 1 is 1.42 bits per heavy atom. The van der Waals surface area contributed by atoms with Crippen molar-refractivity contribution in [1.29, 1.82) is 0 Å². The first-order valence-electron chi connectivity index (χ1n) is 8.24. The van der Waals surface area contributed by atoms with Gasteiger partial charge in [0.2, 0.25) is 0 Å². The van der Waals surface area contributed by atoms with Crippen molar-refractivity contribution in [3.63, 3.8) is 0 Å². The van der Waals surface area contributed by atoms with Gasteiger partial charge in [0.25, 0.3) is 0 Å². The predicted octanol–water partition coefficient (Wildman–Crippen LogP) is 2.52. The number of hydrogen-bond donors (Lipinski definition) is 2. The highest BCUT2D eigenvalue weighted by atomic mass is 127. The van der Waals surface area contributed by atoms with Crippen LogP contribution in [-0.2, 0) is 4.74 Å². The molecule has 2 rings (SSSR count). The molecule has 1 fully saturated rings. The van der Waals surface area contributed by atoms with Crippen molar-refractivity contribution in [2.75, 3.05) is 32.8 Å². The Morgan fingerprint density at radius 2 is 2.12 bits per heavy atom. The van der Waals surface area contributed by atoms with Crippen LogP contribution in [0.15, 0.2) is 29.3 Å². The van der Waals surface area contributed by atoms with Crippen molar-refractivity contribution in [2.24, 2.45) is 10.7 Å². The van der Waals surface area contributed by atoms with E-state index in [1.165, 1.54) is 6.07 Å². The number of guanidine groups is 1. The number of morpholine rings is 1. The number of nitrogens with one attached hydrogen (secondary N) is 1. The molecule has 2 atom stereocenters. The van der Waals surface area contributed by atoms with Crippen LogP contribution in [0.2, 0.25) is 0 Å². The summed E-state index contributed by atoms with van der Waals surface area (Å²) in [6.07, 6.45) is 0.979. The van der Waals surface area contributed by atoms with Crippen LogP contribution in [0.1, 0.15) is 31.9 Å². The molecule has 0 aliphatic carbocycles. The summed E-state index contributed by atoms with van der Waals surface area (Å²) in [5, 5.41) is 3.16. The molecule has 1 aromatic rings. The molecule has 2 unspecified atom stereocenters. The van der Waals surface area contributed by atoms with E-state index in [1.807, 2.05) is 6.07 Å². The molecule has 7 heteroatoms. The normalized spacial score (nSPS) is 18.5. The average molecular weight is 450 g/mol. The third-order valence-corrected chi connectivity index (χ3v) is 4.16. The number of benzene rings is 1. The van der Waals surface area contributed by atoms with Gasteiger partial charge in [-0.05, 0) is 31.0 Å². The molecule has 1 aromatic carbocycles. The maximum atomic E-state index is 13.6. The summed E-state index contributed by atoms with van der Waals surface area (Å²) >= 11 is 0.